The van der Waals surface area contributed by atoms with Gasteiger partial charge in [0.25, 0.3) is 0 Å². The molecule has 0 bridgehead atoms. The second-order valence-electron chi connectivity index (χ2n) is 5.92. The average Bonchev–Trinajstić information content (AvgIpc) is 2.63. The van der Waals surface area contributed by atoms with E-state index in [0.29, 0.717) is 38.3 Å². The number of nitrogens with zero attached hydrogens (tertiary/aromatic N) is 3. The number of halogens is 1. The minimum absolute atomic E-state index is 0.268. The van der Waals surface area contributed by atoms with Gasteiger partial charge in [-0.2, -0.15) is 9.57 Å². The Bertz CT molecular complexity index is 883. The molecule has 0 atom stereocenters. The fourth-order valence-electron chi connectivity index (χ4n) is 2.86. The quantitative estimate of drug-likeness (QED) is 0.840. The van der Waals surface area contributed by atoms with E-state index >= 15 is 0 Å². The van der Waals surface area contributed by atoms with Gasteiger partial charge in [-0.1, -0.05) is 24.3 Å². The summed E-state index contributed by atoms with van der Waals surface area (Å²) in [5, 5.41) is 8.82. The molecule has 1 saturated heterocycles. The van der Waals surface area contributed by atoms with Crippen LogP contribution in [0.1, 0.15) is 11.1 Å². The zero-order chi connectivity index (χ0) is 17.9. The molecule has 5 nitrogen and oxygen atoms in total. The predicted molar refractivity (Wildman–Crippen MR) is 91.6 cm³/mol. The van der Waals surface area contributed by atoms with Crippen molar-refractivity contribution in [2.24, 2.45) is 0 Å². The SMILES string of the molecule is N#Cc1ccc(CN2CCN(S(=O)(=O)c3ccccc3F)CC2)cc1. The molecular formula is C18H18FN3O2S. The molecule has 2 aromatic carbocycles. The zero-order valence-corrected chi connectivity index (χ0v) is 14.4. The monoisotopic (exact) mass is 359 g/mol. The van der Waals surface area contributed by atoms with Crippen LogP contribution in [0.5, 0.6) is 0 Å². The first-order chi connectivity index (χ1) is 12.0. The lowest BCUT2D eigenvalue weighted by atomic mass is 10.1. The van der Waals surface area contributed by atoms with Crippen molar-refractivity contribution < 1.29 is 12.8 Å². The van der Waals surface area contributed by atoms with E-state index in [1.165, 1.54) is 22.5 Å². The summed E-state index contributed by atoms with van der Waals surface area (Å²) in [5.74, 6) is -0.720. The van der Waals surface area contributed by atoms with E-state index < -0.39 is 15.8 Å². The number of hydrogen-bond donors (Lipinski definition) is 0. The van der Waals surface area contributed by atoms with Crippen LogP contribution in [0.3, 0.4) is 0 Å². The summed E-state index contributed by atoms with van der Waals surface area (Å²) in [6, 6.07) is 14.9. The van der Waals surface area contributed by atoms with Gasteiger partial charge in [0.15, 0.2) is 0 Å². The third-order valence-electron chi connectivity index (χ3n) is 4.27. The van der Waals surface area contributed by atoms with Crippen molar-refractivity contribution >= 4 is 10.0 Å². The van der Waals surface area contributed by atoms with Crippen molar-refractivity contribution in [2.45, 2.75) is 11.4 Å². The fourth-order valence-corrected chi connectivity index (χ4v) is 4.35. The van der Waals surface area contributed by atoms with E-state index in [1.54, 1.807) is 12.1 Å². The number of benzene rings is 2. The highest BCUT2D eigenvalue weighted by Gasteiger charge is 2.30. The summed E-state index contributed by atoms with van der Waals surface area (Å²) in [6.45, 7) is 2.50. The van der Waals surface area contributed by atoms with Gasteiger partial charge < -0.3 is 0 Å². The highest BCUT2D eigenvalue weighted by Crippen LogP contribution is 2.21. The molecule has 1 aliphatic heterocycles. The topological polar surface area (TPSA) is 64.4 Å². The van der Waals surface area contributed by atoms with Crippen molar-refractivity contribution in [1.82, 2.24) is 9.21 Å². The maximum absolute atomic E-state index is 13.8. The van der Waals surface area contributed by atoms with Crippen LogP contribution >= 0.6 is 0 Å². The lowest BCUT2D eigenvalue weighted by Crippen LogP contribution is -2.48. The molecule has 0 aromatic heterocycles. The molecule has 130 valence electrons. The highest BCUT2D eigenvalue weighted by atomic mass is 32.2. The van der Waals surface area contributed by atoms with E-state index in [-0.39, 0.29) is 4.90 Å². The smallest absolute Gasteiger partial charge is 0.246 e. The molecule has 7 heteroatoms. The summed E-state index contributed by atoms with van der Waals surface area (Å²) >= 11 is 0. The van der Waals surface area contributed by atoms with Crippen LogP contribution in [0, 0.1) is 17.1 Å². The Morgan fingerprint density at radius 3 is 2.24 bits per heavy atom. The van der Waals surface area contributed by atoms with Crippen LogP contribution in [-0.2, 0) is 16.6 Å². The van der Waals surface area contributed by atoms with Crippen LogP contribution in [0.15, 0.2) is 53.4 Å². The van der Waals surface area contributed by atoms with Crippen LogP contribution in [0.4, 0.5) is 4.39 Å². The summed E-state index contributed by atoms with van der Waals surface area (Å²) in [6.07, 6.45) is 0. The van der Waals surface area contributed by atoms with Crippen molar-refractivity contribution in [1.29, 1.82) is 5.26 Å². The summed E-state index contributed by atoms with van der Waals surface area (Å²) in [7, 11) is -3.80. The second kappa shape index (κ2) is 7.31. The second-order valence-corrected chi connectivity index (χ2v) is 7.83. The Kier molecular flexibility index (Phi) is 5.13. The summed E-state index contributed by atoms with van der Waals surface area (Å²) in [4.78, 5) is 1.88. The van der Waals surface area contributed by atoms with Crippen LogP contribution in [0.2, 0.25) is 0 Å². The van der Waals surface area contributed by atoms with Crippen molar-refractivity contribution in [3.8, 4) is 6.07 Å². The first-order valence-electron chi connectivity index (χ1n) is 7.97. The van der Waals surface area contributed by atoms with Gasteiger partial charge in [-0.05, 0) is 29.8 Å². The van der Waals surface area contributed by atoms with Gasteiger partial charge in [-0.15, -0.1) is 0 Å². The molecular weight excluding hydrogens is 341 g/mol. The minimum Gasteiger partial charge on any atom is -0.296 e. The van der Waals surface area contributed by atoms with Gasteiger partial charge in [-0.3, -0.25) is 4.90 Å². The standard InChI is InChI=1S/C18H18FN3O2S/c19-17-3-1-2-4-18(17)25(23,24)22-11-9-21(10-12-22)14-16-7-5-15(13-20)6-8-16/h1-8H,9-12,14H2. The van der Waals surface area contributed by atoms with Gasteiger partial charge >= 0.3 is 0 Å². The Hall–Kier alpha value is -2.27. The Morgan fingerprint density at radius 2 is 1.64 bits per heavy atom. The molecule has 2 aromatic rings. The number of sulfonamides is 1. The van der Waals surface area contributed by atoms with Gasteiger partial charge in [0.2, 0.25) is 10.0 Å². The Balaban J connectivity index is 1.63. The number of rotatable bonds is 4. The maximum atomic E-state index is 13.8. The molecule has 0 unspecified atom stereocenters. The Morgan fingerprint density at radius 1 is 1.00 bits per heavy atom. The van der Waals surface area contributed by atoms with Gasteiger partial charge in [0, 0.05) is 32.7 Å². The van der Waals surface area contributed by atoms with Crippen molar-refractivity contribution in [2.75, 3.05) is 26.2 Å². The first kappa shape index (κ1) is 17.5. The molecule has 0 spiro atoms. The highest BCUT2D eigenvalue weighted by molar-refractivity contribution is 7.89. The zero-order valence-electron chi connectivity index (χ0n) is 13.6. The van der Waals surface area contributed by atoms with Gasteiger partial charge in [0.05, 0.1) is 11.6 Å². The van der Waals surface area contributed by atoms with Crippen LogP contribution in [0.25, 0.3) is 0 Å². The van der Waals surface area contributed by atoms with Crippen LogP contribution < -0.4 is 0 Å². The van der Waals surface area contributed by atoms with Gasteiger partial charge in [-0.25, -0.2) is 12.8 Å². The largest absolute Gasteiger partial charge is 0.296 e. The predicted octanol–water partition coefficient (Wildman–Crippen LogP) is 2.20. The number of hydrogen-bond acceptors (Lipinski definition) is 4. The lowest BCUT2D eigenvalue weighted by Gasteiger charge is -2.34. The van der Waals surface area contributed by atoms with Crippen molar-refractivity contribution in [3.63, 3.8) is 0 Å². The molecule has 1 fully saturated rings. The molecule has 1 aliphatic rings. The molecule has 25 heavy (non-hydrogen) atoms. The van der Waals surface area contributed by atoms with Gasteiger partial charge in [0.1, 0.15) is 10.7 Å². The third-order valence-corrected chi connectivity index (χ3v) is 6.21. The summed E-state index contributed by atoms with van der Waals surface area (Å²) in [5.41, 5.74) is 1.69. The number of nitriles is 1. The normalized spacial score (nSPS) is 16.5. The Labute approximate surface area is 147 Å². The molecule has 0 aliphatic carbocycles. The molecule has 3 rings (SSSR count). The van der Waals surface area contributed by atoms with E-state index in [1.807, 2.05) is 12.1 Å². The number of piperazine rings is 1. The minimum atomic E-state index is -3.80. The molecule has 0 amide bonds. The molecule has 0 radical (unpaired) electrons. The lowest BCUT2D eigenvalue weighted by molar-refractivity contribution is 0.181. The maximum Gasteiger partial charge on any atom is 0.246 e. The fraction of sp³-hybridized carbons (Fsp3) is 0.278. The van der Waals surface area contributed by atoms with Crippen LogP contribution in [-0.4, -0.2) is 43.8 Å². The average molecular weight is 359 g/mol. The van der Waals surface area contributed by atoms with E-state index in [0.717, 1.165) is 11.6 Å². The molecule has 0 N–H and O–H groups in total. The van der Waals surface area contributed by atoms with Crippen molar-refractivity contribution in [3.05, 3.63) is 65.5 Å². The summed E-state index contributed by atoms with van der Waals surface area (Å²) < 4.78 is 40.3. The van der Waals surface area contributed by atoms with E-state index in [2.05, 4.69) is 11.0 Å². The van der Waals surface area contributed by atoms with E-state index in [4.69, 9.17) is 5.26 Å². The molecule has 1 heterocycles. The molecule has 0 saturated carbocycles. The third kappa shape index (κ3) is 3.87. The first-order valence-corrected chi connectivity index (χ1v) is 9.41. The van der Waals surface area contributed by atoms with E-state index in [9.17, 15) is 12.8 Å².